The Morgan fingerprint density at radius 2 is 1.93 bits per heavy atom. The summed E-state index contributed by atoms with van der Waals surface area (Å²) in [5.74, 6) is -1.03. The Hall–Kier alpha value is -2.73. The van der Waals surface area contributed by atoms with Gasteiger partial charge >= 0.3 is 0 Å². The van der Waals surface area contributed by atoms with Gasteiger partial charge in [-0.05, 0) is 62.2 Å². The van der Waals surface area contributed by atoms with Gasteiger partial charge in [0.15, 0.2) is 0 Å². The molecule has 2 aromatic rings. The summed E-state index contributed by atoms with van der Waals surface area (Å²) >= 11 is 0. The summed E-state index contributed by atoms with van der Waals surface area (Å²) in [5, 5.41) is 10.3. The fraction of sp³-hybridized carbons (Fsp3) is 0.333. The average Bonchev–Trinajstić information content (AvgIpc) is 2.58. The third kappa shape index (κ3) is 3.57. The number of hydrogen-bond donors (Lipinski definition) is 1. The molecule has 0 radical (unpaired) electrons. The van der Waals surface area contributed by atoms with Crippen LogP contribution in [0.4, 0.5) is 10.1 Å². The van der Waals surface area contributed by atoms with Crippen LogP contribution in [0.1, 0.15) is 42.3 Å². The summed E-state index contributed by atoms with van der Waals surface area (Å²) < 4.78 is 19.4. The molecule has 1 N–H and O–H groups in total. The van der Waals surface area contributed by atoms with Crippen LogP contribution >= 0.6 is 0 Å². The van der Waals surface area contributed by atoms with Gasteiger partial charge in [0.05, 0.1) is 11.8 Å². The molecule has 2 amide bonds. The van der Waals surface area contributed by atoms with Crippen LogP contribution in [-0.2, 0) is 11.2 Å². The van der Waals surface area contributed by atoms with Crippen LogP contribution in [0.25, 0.3) is 0 Å². The molecule has 0 bridgehead atoms. The highest BCUT2D eigenvalue weighted by atomic mass is 19.1. The fourth-order valence-corrected chi connectivity index (χ4v) is 3.16. The molecule has 1 unspecified atom stereocenters. The molecule has 2 aromatic carbocycles. The number of amides is 2. The number of benzene rings is 2. The lowest BCUT2D eigenvalue weighted by Gasteiger charge is -2.37. The van der Waals surface area contributed by atoms with Crippen molar-refractivity contribution in [1.29, 1.82) is 0 Å². The molecule has 1 aliphatic rings. The highest BCUT2D eigenvalue weighted by molar-refractivity contribution is 6.21. The molecule has 27 heavy (non-hydrogen) atoms. The standard InChI is InChI=1S/C21H22FNO4/c1-12-5-6-15(22)11-17(12)20(26)23(13(2)24)16-7-8-18-14(9-16)10-19(25)21(3,4)27-18/h5-9,11,19,25H,10H2,1-4H3. The van der Waals surface area contributed by atoms with Crippen molar-refractivity contribution in [2.45, 2.75) is 45.8 Å². The number of hydrogen-bond acceptors (Lipinski definition) is 4. The van der Waals surface area contributed by atoms with Gasteiger partial charge in [-0.25, -0.2) is 9.29 Å². The maximum Gasteiger partial charge on any atom is 0.265 e. The molecule has 0 fully saturated rings. The minimum absolute atomic E-state index is 0.125. The Balaban J connectivity index is 2.02. The van der Waals surface area contributed by atoms with Crippen molar-refractivity contribution in [2.75, 3.05) is 4.90 Å². The van der Waals surface area contributed by atoms with Crippen LogP contribution in [0.3, 0.4) is 0 Å². The zero-order valence-electron chi connectivity index (χ0n) is 15.7. The second-order valence-electron chi connectivity index (χ2n) is 7.34. The number of ether oxygens (including phenoxy) is 1. The molecule has 0 saturated carbocycles. The topological polar surface area (TPSA) is 66.8 Å². The second kappa shape index (κ2) is 6.78. The zero-order chi connectivity index (χ0) is 19.9. The van der Waals surface area contributed by atoms with Crippen molar-refractivity contribution >= 4 is 17.5 Å². The smallest absolute Gasteiger partial charge is 0.265 e. The van der Waals surface area contributed by atoms with Crippen LogP contribution in [0.2, 0.25) is 0 Å². The average molecular weight is 371 g/mol. The maximum atomic E-state index is 13.6. The minimum Gasteiger partial charge on any atom is -0.485 e. The van der Waals surface area contributed by atoms with E-state index in [1.54, 1.807) is 39.0 Å². The second-order valence-corrected chi connectivity index (χ2v) is 7.34. The number of carbonyl (C=O) groups is 2. The molecule has 6 heteroatoms. The Morgan fingerprint density at radius 1 is 1.22 bits per heavy atom. The number of anilines is 1. The molecular formula is C21H22FNO4. The summed E-state index contributed by atoms with van der Waals surface area (Å²) in [7, 11) is 0. The molecule has 1 aliphatic heterocycles. The van der Waals surface area contributed by atoms with Crippen LogP contribution in [0.5, 0.6) is 5.75 Å². The van der Waals surface area contributed by atoms with Crippen LogP contribution in [0.15, 0.2) is 36.4 Å². The summed E-state index contributed by atoms with van der Waals surface area (Å²) in [4.78, 5) is 26.2. The van der Waals surface area contributed by atoms with Gasteiger partial charge in [0.1, 0.15) is 17.2 Å². The SMILES string of the molecule is CC(=O)N(C(=O)c1cc(F)ccc1C)c1ccc2c(c1)CC(O)C(C)(C)O2. The lowest BCUT2D eigenvalue weighted by molar-refractivity contribution is -0.115. The van der Waals surface area contributed by atoms with Crippen molar-refractivity contribution in [3.63, 3.8) is 0 Å². The summed E-state index contributed by atoms with van der Waals surface area (Å²) in [6.45, 7) is 6.56. The van der Waals surface area contributed by atoms with E-state index in [2.05, 4.69) is 0 Å². The third-order valence-electron chi connectivity index (χ3n) is 4.84. The number of nitrogens with zero attached hydrogens (tertiary/aromatic N) is 1. The number of halogens is 1. The van der Waals surface area contributed by atoms with E-state index in [0.717, 1.165) is 11.0 Å². The lowest BCUT2D eigenvalue weighted by Crippen LogP contribution is -2.46. The molecule has 1 heterocycles. The molecule has 0 spiro atoms. The monoisotopic (exact) mass is 371 g/mol. The van der Waals surface area contributed by atoms with Crippen molar-refractivity contribution in [3.05, 3.63) is 58.9 Å². The van der Waals surface area contributed by atoms with Crippen molar-refractivity contribution in [3.8, 4) is 5.75 Å². The zero-order valence-corrected chi connectivity index (χ0v) is 15.7. The van der Waals surface area contributed by atoms with Gasteiger partial charge in [0, 0.05) is 18.9 Å². The summed E-state index contributed by atoms with van der Waals surface area (Å²) in [5.41, 5.74) is 1.04. The summed E-state index contributed by atoms with van der Waals surface area (Å²) in [6.07, 6.45) is -0.373. The van der Waals surface area contributed by atoms with Gasteiger partial charge in [-0.1, -0.05) is 6.07 Å². The van der Waals surface area contributed by atoms with Crippen molar-refractivity contribution in [2.24, 2.45) is 0 Å². The fourth-order valence-electron chi connectivity index (χ4n) is 3.16. The Bertz CT molecular complexity index is 922. The van der Waals surface area contributed by atoms with E-state index < -0.39 is 29.3 Å². The quantitative estimate of drug-likeness (QED) is 0.879. The van der Waals surface area contributed by atoms with Crippen LogP contribution in [0, 0.1) is 12.7 Å². The number of fused-ring (bicyclic) bond motifs is 1. The third-order valence-corrected chi connectivity index (χ3v) is 4.84. The number of aryl methyl sites for hydroxylation is 1. The number of aliphatic hydroxyl groups is 1. The number of rotatable bonds is 2. The molecule has 0 aromatic heterocycles. The van der Waals surface area contributed by atoms with E-state index >= 15 is 0 Å². The van der Waals surface area contributed by atoms with E-state index in [0.29, 0.717) is 29.0 Å². The molecule has 0 aliphatic carbocycles. The number of aliphatic hydroxyl groups excluding tert-OH is 1. The molecule has 5 nitrogen and oxygen atoms in total. The largest absolute Gasteiger partial charge is 0.485 e. The predicted octanol–water partition coefficient (Wildman–Crippen LogP) is 3.40. The minimum atomic E-state index is -0.719. The van der Waals surface area contributed by atoms with Crippen molar-refractivity contribution in [1.82, 2.24) is 0 Å². The number of carbonyl (C=O) groups excluding carboxylic acids is 2. The first kappa shape index (κ1) is 19.0. The molecular weight excluding hydrogens is 349 g/mol. The van der Waals surface area contributed by atoms with Gasteiger partial charge in [-0.15, -0.1) is 0 Å². The Kier molecular flexibility index (Phi) is 4.78. The molecule has 0 saturated heterocycles. The first-order valence-electron chi connectivity index (χ1n) is 8.71. The normalized spacial score (nSPS) is 17.6. The molecule has 1 atom stereocenters. The van der Waals surface area contributed by atoms with Gasteiger partial charge < -0.3 is 9.84 Å². The molecule has 142 valence electrons. The van der Waals surface area contributed by atoms with Crippen LogP contribution in [-0.4, -0.2) is 28.6 Å². The highest BCUT2D eigenvalue weighted by Gasteiger charge is 2.36. The first-order valence-corrected chi connectivity index (χ1v) is 8.71. The number of imide groups is 1. The van der Waals surface area contributed by atoms with E-state index in [9.17, 15) is 19.1 Å². The van der Waals surface area contributed by atoms with E-state index in [-0.39, 0.29) is 5.56 Å². The Morgan fingerprint density at radius 3 is 2.59 bits per heavy atom. The van der Waals surface area contributed by atoms with Crippen LogP contribution < -0.4 is 9.64 Å². The van der Waals surface area contributed by atoms with E-state index in [1.807, 2.05) is 0 Å². The van der Waals surface area contributed by atoms with Crippen molar-refractivity contribution < 1.29 is 23.8 Å². The van der Waals surface area contributed by atoms with Gasteiger partial charge in [0.25, 0.3) is 5.91 Å². The van der Waals surface area contributed by atoms with Gasteiger partial charge in [-0.2, -0.15) is 0 Å². The molecule has 3 rings (SSSR count). The van der Waals surface area contributed by atoms with Gasteiger partial charge in [-0.3, -0.25) is 9.59 Å². The Labute approximate surface area is 157 Å². The predicted molar refractivity (Wildman–Crippen MR) is 99.5 cm³/mol. The summed E-state index contributed by atoms with van der Waals surface area (Å²) in [6, 6.07) is 8.84. The first-order chi connectivity index (χ1) is 12.6. The van der Waals surface area contributed by atoms with E-state index in [4.69, 9.17) is 4.74 Å². The van der Waals surface area contributed by atoms with Gasteiger partial charge in [0.2, 0.25) is 5.91 Å². The van der Waals surface area contributed by atoms with E-state index in [1.165, 1.54) is 19.1 Å². The lowest BCUT2D eigenvalue weighted by atomic mass is 9.91. The highest BCUT2D eigenvalue weighted by Crippen LogP contribution is 2.36. The maximum absolute atomic E-state index is 13.6.